The molecule has 2 rings (SSSR count). The van der Waals surface area contributed by atoms with E-state index in [1.807, 2.05) is 0 Å². The smallest absolute Gasteiger partial charge is 0.0678 e. The summed E-state index contributed by atoms with van der Waals surface area (Å²) in [4.78, 5) is 0. The van der Waals surface area contributed by atoms with Crippen molar-refractivity contribution >= 4 is 0 Å². The van der Waals surface area contributed by atoms with E-state index in [1.165, 1.54) is 22.5 Å². The molecule has 0 fully saturated rings. The molecule has 1 heterocycles. The Balaban J connectivity index is 2.35. The molecule has 0 spiro atoms. The van der Waals surface area contributed by atoms with E-state index in [0.717, 1.165) is 31.6 Å². The van der Waals surface area contributed by atoms with Crippen LogP contribution in [0.2, 0.25) is 0 Å². The Morgan fingerprint density at radius 3 is 2.50 bits per heavy atom. The average molecular weight is 271 g/mol. The third-order valence-electron chi connectivity index (χ3n) is 3.63. The van der Waals surface area contributed by atoms with Gasteiger partial charge in [0.2, 0.25) is 0 Å². The van der Waals surface area contributed by atoms with Crippen LogP contribution < -0.4 is 5.32 Å². The van der Waals surface area contributed by atoms with Gasteiger partial charge in [-0.2, -0.15) is 5.10 Å². The molecule has 0 aliphatic rings. The Morgan fingerprint density at radius 2 is 1.90 bits per heavy atom. The van der Waals surface area contributed by atoms with Crippen LogP contribution in [0.3, 0.4) is 0 Å². The summed E-state index contributed by atoms with van der Waals surface area (Å²) in [6.07, 6.45) is 1.99. The highest BCUT2D eigenvalue weighted by Crippen LogP contribution is 2.19. The quantitative estimate of drug-likeness (QED) is 0.872. The summed E-state index contributed by atoms with van der Waals surface area (Å²) in [5.41, 5.74) is 6.25. The third-order valence-corrected chi connectivity index (χ3v) is 3.63. The molecule has 1 aromatic heterocycles. The maximum Gasteiger partial charge on any atom is 0.0678 e. The summed E-state index contributed by atoms with van der Waals surface area (Å²) in [7, 11) is 0. The van der Waals surface area contributed by atoms with Gasteiger partial charge < -0.3 is 5.32 Å². The fourth-order valence-corrected chi connectivity index (χ4v) is 2.44. The number of aryl methyl sites for hydroxylation is 3. The number of aromatic nitrogens is 2. The van der Waals surface area contributed by atoms with Crippen molar-refractivity contribution < 1.29 is 0 Å². The highest BCUT2D eigenvalue weighted by Gasteiger charge is 2.09. The van der Waals surface area contributed by atoms with Crippen LogP contribution in [-0.2, 0) is 19.4 Å². The van der Waals surface area contributed by atoms with Gasteiger partial charge in [-0.1, -0.05) is 32.9 Å². The molecule has 0 unspecified atom stereocenters. The lowest BCUT2D eigenvalue weighted by Crippen LogP contribution is -2.12. The van der Waals surface area contributed by atoms with E-state index in [0.29, 0.717) is 0 Å². The molecule has 3 nitrogen and oxygen atoms in total. The van der Waals surface area contributed by atoms with Gasteiger partial charge >= 0.3 is 0 Å². The van der Waals surface area contributed by atoms with Gasteiger partial charge in [-0.05, 0) is 49.6 Å². The first-order chi connectivity index (χ1) is 9.69. The SMILES string of the molecule is CCNCc1ccc(-n2nc(CC)cc2CC)c(C)c1. The number of hydrogen-bond acceptors (Lipinski definition) is 2. The Bertz CT molecular complexity index is 570. The van der Waals surface area contributed by atoms with E-state index in [1.54, 1.807) is 0 Å². The Kier molecular flexibility index (Phi) is 4.96. The summed E-state index contributed by atoms with van der Waals surface area (Å²) in [5, 5.41) is 8.09. The number of hydrogen-bond donors (Lipinski definition) is 1. The molecule has 0 amide bonds. The molecule has 20 heavy (non-hydrogen) atoms. The van der Waals surface area contributed by atoms with Crippen LogP contribution in [0, 0.1) is 6.92 Å². The minimum atomic E-state index is 0.928. The first-order valence-electron chi connectivity index (χ1n) is 7.58. The lowest BCUT2D eigenvalue weighted by Gasteiger charge is -2.11. The molecule has 108 valence electrons. The molecule has 2 aromatic rings. The van der Waals surface area contributed by atoms with Crippen LogP contribution >= 0.6 is 0 Å². The van der Waals surface area contributed by atoms with Gasteiger partial charge in [-0.25, -0.2) is 4.68 Å². The lowest BCUT2D eigenvalue weighted by atomic mass is 10.1. The summed E-state index contributed by atoms with van der Waals surface area (Å²) in [5.74, 6) is 0. The molecule has 0 aliphatic heterocycles. The van der Waals surface area contributed by atoms with Gasteiger partial charge in [0.25, 0.3) is 0 Å². The molecule has 1 aromatic carbocycles. The van der Waals surface area contributed by atoms with E-state index in [-0.39, 0.29) is 0 Å². The zero-order valence-electron chi connectivity index (χ0n) is 13.0. The number of benzene rings is 1. The first kappa shape index (κ1) is 14.8. The molecule has 3 heteroatoms. The van der Waals surface area contributed by atoms with Crippen LogP contribution in [0.5, 0.6) is 0 Å². The maximum absolute atomic E-state index is 4.72. The molecule has 0 saturated carbocycles. The van der Waals surface area contributed by atoms with E-state index >= 15 is 0 Å². The summed E-state index contributed by atoms with van der Waals surface area (Å²) >= 11 is 0. The van der Waals surface area contributed by atoms with Crippen molar-refractivity contribution in [3.63, 3.8) is 0 Å². The normalized spacial score (nSPS) is 11.0. The van der Waals surface area contributed by atoms with Gasteiger partial charge in [0, 0.05) is 12.2 Å². The zero-order chi connectivity index (χ0) is 14.5. The molecule has 0 aliphatic carbocycles. The second-order valence-electron chi connectivity index (χ2n) is 5.15. The second kappa shape index (κ2) is 6.71. The minimum Gasteiger partial charge on any atom is -0.313 e. The highest BCUT2D eigenvalue weighted by atomic mass is 15.3. The van der Waals surface area contributed by atoms with Crippen molar-refractivity contribution in [2.24, 2.45) is 0 Å². The van der Waals surface area contributed by atoms with Crippen molar-refractivity contribution in [2.75, 3.05) is 6.54 Å². The van der Waals surface area contributed by atoms with Crippen LogP contribution in [0.25, 0.3) is 5.69 Å². The predicted octanol–water partition coefficient (Wildman–Crippen LogP) is 3.42. The topological polar surface area (TPSA) is 29.9 Å². The second-order valence-corrected chi connectivity index (χ2v) is 5.15. The van der Waals surface area contributed by atoms with Gasteiger partial charge in [-0.15, -0.1) is 0 Å². The number of rotatable bonds is 6. The van der Waals surface area contributed by atoms with Crippen molar-refractivity contribution in [3.05, 3.63) is 46.8 Å². The van der Waals surface area contributed by atoms with E-state index < -0.39 is 0 Å². The van der Waals surface area contributed by atoms with Crippen molar-refractivity contribution in [1.29, 1.82) is 0 Å². The molecular weight excluding hydrogens is 246 g/mol. The van der Waals surface area contributed by atoms with Crippen LogP contribution in [-0.4, -0.2) is 16.3 Å². The van der Waals surface area contributed by atoms with Crippen LogP contribution in [0.4, 0.5) is 0 Å². The lowest BCUT2D eigenvalue weighted by molar-refractivity contribution is 0.725. The fourth-order valence-electron chi connectivity index (χ4n) is 2.44. The highest BCUT2D eigenvalue weighted by molar-refractivity contribution is 5.43. The number of nitrogens with zero attached hydrogens (tertiary/aromatic N) is 2. The van der Waals surface area contributed by atoms with E-state index in [9.17, 15) is 0 Å². The largest absolute Gasteiger partial charge is 0.313 e. The average Bonchev–Trinajstić information content (AvgIpc) is 2.88. The molecule has 0 atom stereocenters. The van der Waals surface area contributed by atoms with Crippen LogP contribution in [0.15, 0.2) is 24.3 Å². The van der Waals surface area contributed by atoms with Crippen LogP contribution in [0.1, 0.15) is 43.3 Å². The van der Waals surface area contributed by atoms with Gasteiger partial charge in [-0.3, -0.25) is 0 Å². The van der Waals surface area contributed by atoms with Gasteiger partial charge in [0.15, 0.2) is 0 Å². The first-order valence-corrected chi connectivity index (χ1v) is 7.58. The van der Waals surface area contributed by atoms with Crippen molar-refractivity contribution in [3.8, 4) is 5.69 Å². The number of nitrogens with one attached hydrogen (secondary N) is 1. The zero-order valence-corrected chi connectivity index (χ0v) is 13.0. The van der Waals surface area contributed by atoms with Gasteiger partial charge in [0.05, 0.1) is 11.4 Å². The summed E-state index contributed by atoms with van der Waals surface area (Å²) < 4.78 is 2.10. The Labute approximate surface area is 122 Å². The Hall–Kier alpha value is -1.61. The predicted molar refractivity (Wildman–Crippen MR) is 84.4 cm³/mol. The fraction of sp³-hybridized carbons (Fsp3) is 0.471. The van der Waals surface area contributed by atoms with Crippen molar-refractivity contribution in [1.82, 2.24) is 15.1 Å². The molecular formula is C17H25N3. The molecule has 0 radical (unpaired) electrons. The Morgan fingerprint density at radius 1 is 1.10 bits per heavy atom. The van der Waals surface area contributed by atoms with Crippen molar-refractivity contribution in [2.45, 2.75) is 47.1 Å². The molecule has 0 bridgehead atoms. The third kappa shape index (κ3) is 3.10. The molecule has 0 saturated heterocycles. The van der Waals surface area contributed by atoms with Gasteiger partial charge in [0.1, 0.15) is 0 Å². The summed E-state index contributed by atoms with van der Waals surface area (Å²) in [6, 6.07) is 8.85. The minimum absolute atomic E-state index is 0.928. The van der Waals surface area contributed by atoms with E-state index in [4.69, 9.17) is 5.10 Å². The molecule has 1 N–H and O–H groups in total. The van der Waals surface area contributed by atoms with E-state index in [2.05, 4.69) is 62.0 Å². The summed E-state index contributed by atoms with van der Waals surface area (Å²) in [6.45, 7) is 10.6. The monoisotopic (exact) mass is 271 g/mol. The standard InChI is InChI=1S/C17H25N3/c1-5-15-11-16(6-2)20(19-15)17-9-8-14(10-13(17)4)12-18-7-3/h8-11,18H,5-7,12H2,1-4H3. The maximum atomic E-state index is 4.72.